The molecule has 18 heavy (non-hydrogen) atoms. The van der Waals surface area contributed by atoms with Gasteiger partial charge in [0, 0.05) is 32.8 Å². The molecule has 1 aliphatic rings. The van der Waals surface area contributed by atoms with Gasteiger partial charge in [-0.3, -0.25) is 4.90 Å². The average molecular weight is 250 g/mol. The van der Waals surface area contributed by atoms with E-state index in [2.05, 4.69) is 22.3 Å². The molecule has 2 rings (SSSR count). The van der Waals surface area contributed by atoms with Crippen LogP contribution < -0.4 is 10.1 Å². The number of piperazine rings is 1. The summed E-state index contributed by atoms with van der Waals surface area (Å²) in [5.74, 6) is 0.903. The van der Waals surface area contributed by atoms with Crippen LogP contribution in [0.2, 0.25) is 0 Å². The third kappa shape index (κ3) is 3.45. The van der Waals surface area contributed by atoms with Crippen molar-refractivity contribution in [3.8, 4) is 5.75 Å². The molecule has 1 unspecified atom stereocenters. The molecule has 1 heterocycles. The lowest BCUT2D eigenvalue weighted by molar-refractivity contribution is -0.0702. The van der Waals surface area contributed by atoms with Gasteiger partial charge in [0.05, 0.1) is 7.11 Å². The molecule has 1 saturated heterocycles. The summed E-state index contributed by atoms with van der Waals surface area (Å²) in [4.78, 5) is 2.38. The Kier molecular flexibility index (Phi) is 4.99. The first-order valence-corrected chi connectivity index (χ1v) is 6.52. The second kappa shape index (κ2) is 6.73. The van der Waals surface area contributed by atoms with Crippen molar-refractivity contribution in [2.75, 3.05) is 33.4 Å². The van der Waals surface area contributed by atoms with Crippen LogP contribution in [0, 0.1) is 0 Å². The summed E-state index contributed by atoms with van der Waals surface area (Å²) in [6.07, 6.45) is 0.186. The van der Waals surface area contributed by atoms with Gasteiger partial charge in [0.25, 0.3) is 0 Å². The van der Waals surface area contributed by atoms with Crippen LogP contribution in [0.25, 0.3) is 0 Å². The Morgan fingerprint density at radius 1 is 1.33 bits per heavy atom. The van der Waals surface area contributed by atoms with Crippen LogP contribution in [0.3, 0.4) is 0 Å². The van der Waals surface area contributed by atoms with E-state index in [-0.39, 0.29) is 6.23 Å². The van der Waals surface area contributed by atoms with Gasteiger partial charge in [-0.2, -0.15) is 0 Å². The number of hydrogen-bond acceptors (Lipinski definition) is 4. The summed E-state index contributed by atoms with van der Waals surface area (Å²) in [5.41, 5.74) is 1.29. The number of methoxy groups -OCH3 is 1. The number of benzene rings is 1. The minimum atomic E-state index is 0.186. The number of nitrogens with zero attached hydrogens (tertiary/aromatic N) is 1. The van der Waals surface area contributed by atoms with Crippen LogP contribution in [0.4, 0.5) is 0 Å². The highest BCUT2D eigenvalue weighted by atomic mass is 16.5. The van der Waals surface area contributed by atoms with E-state index in [0.717, 1.165) is 38.5 Å². The van der Waals surface area contributed by atoms with Crippen molar-refractivity contribution in [2.24, 2.45) is 0 Å². The number of hydrogen-bond donors (Lipinski definition) is 1. The zero-order valence-electron chi connectivity index (χ0n) is 11.2. The first kappa shape index (κ1) is 13.3. The van der Waals surface area contributed by atoms with Gasteiger partial charge in [0.2, 0.25) is 0 Å². The normalized spacial score (nSPS) is 20.9. The Bertz CT molecular complexity index is 351. The van der Waals surface area contributed by atoms with Crippen LogP contribution in [-0.2, 0) is 11.3 Å². The molecule has 1 aromatic rings. The second-order valence-electron chi connectivity index (χ2n) is 4.43. The van der Waals surface area contributed by atoms with Gasteiger partial charge in [0.1, 0.15) is 12.0 Å². The third-order valence-corrected chi connectivity index (χ3v) is 3.21. The van der Waals surface area contributed by atoms with Crippen LogP contribution in [0.5, 0.6) is 5.75 Å². The summed E-state index contributed by atoms with van der Waals surface area (Å²) in [6, 6.07) is 8.24. The van der Waals surface area contributed by atoms with Gasteiger partial charge in [-0.25, -0.2) is 0 Å². The average Bonchev–Trinajstić information content (AvgIpc) is 2.42. The quantitative estimate of drug-likeness (QED) is 0.858. The fourth-order valence-electron chi connectivity index (χ4n) is 2.22. The minimum Gasteiger partial charge on any atom is -0.497 e. The maximum Gasteiger partial charge on any atom is 0.123 e. The van der Waals surface area contributed by atoms with Crippen LogP contribution >= 0.6 is 0 Å². The van der Waals surface area contributed by atoms with Crippen molar-refractivity contribution in [2.45, 2.75) is 19.7 Å². The van der Waals surface area contributed by atoms with Gasteiger partial charge in [-0.15, -0.1) is 0 Å². The Morgan fingerprint density at radius 3 is 2.78 bits per heavy atom. The van der Waals surface area contributed by atoms with Crippen LogP contribution in [-0.4, -0.2) is 44.5 Å². The van der Waals surface area contributed by atoms with Crippen molar-refractivity contribution >= 4 is 0 Å². The van der Waals surface area contributed by atoms with Crippen molar-refractivity contribution in [1.29, 1.82) is 0 Å². The minimum absolute atomic E-state index is 0.186. The molecule has 0 saturated carbocycles. The van der Waals surface area contributed by atoms with Crippen molar-refractivity contribution in [3.05, 3.63) is 29.8 Å². The maximum atomic E-state index is 5.75. The lowest BCUT2D eigenvalue weighted by Gasteiger charge is -2.35. The van der Waals surface area contributed by atoms with E-state index in [1.165, 1.54) is 5.56 Å². The van der Waals surface area contributed by atoms with E-state index >= 15 is 0 Å². The lowest BCUT2D eigenvalue weighted by Crippen LogP contribution is -2.51. The number of rotatable bonds is 5. The van der Waals surface area contributed by atoms with Gasteiger partial charge in [-0.05, 0) is 24.6 Å². The maximum absolute atomic E-state index is 5.75. The van der Waals surface area contributed by atoms with E-state index in [1.807, 2.05) is 19.1 Å². The van der Waals surface area contributed by atoms with Gasteiger partial charge in [0.15, 0.2) is 0 Å². The molecule has 1 aliphatic heterocycles. The molecular formula is C14H22N2O2. The number of nitrogens with one attached hydrogen (secondary N) is 1. The molecule has 1 aromatic carbocycles. The molecule has 1 atom stereocenters. The van der Waals surface area contributed by atoms with E-state index in [1.54, 1.807) is 7.11 Å². The highest BCUT2D eigenvalue weighted by Crippen LogP contribution is 2.15. The largest absolute Gasteiger partial charge is 0.497 e. The fourth-order valence-corrected chi connectivity index (χ4v) is 2.22. The monoisotopic (exact) mass is 250 g/mol. The topological polar surface area (TPSA) is 33.7 Å². The molecule has 0 aliphatic carbocycles. The highest BCUT2D eigenvalue weighted by Gasteiger charge is 2.22. The van der Waals surface area contributed by atoms with Crippen LogP contribution in [0.1, 0.15) is 12.5 Å². The van der Waals surface area contributed by atoms with E-state index in [0.29, 0.717) is 0 Å². The summed E-state index contributed by atoms with van der Waals surface area (Å²) >= 11 is 0. The molecule has 1 N–H and O–H groups in total. The molecule has 0 spiro atoms. The first-order valence-electron chi connectivity index (χ1n) is 6.52. The molecule has 4 nitrogen and oxygen atoms in total. The summed E-state index contributed by atoms with van der Waals surface area (Å²) < 4.78 is 10.9. The van der Waals surface area contributed by atoms with Crippen LogP contribution in [0.15, 0.2) is 24.3 Å². The van der Waals surface area contributed by atoms with Crippen molar-refractivity contribution in [1.82, 2.24) is 10.2 Å². The Hall–Kier alpha value is -1.10. The summed E-state index contributed by atoms with van der Waals surface area (Å²) in [7, 11) is 1.69. The number of ether oxygens (including phenoxy) is 2. The highest BCUT2D eigenvalue weighted by molar-refractivity contribution is 5.27. The smallest absolute Gasteiger partial charge is 0.123 e. The zero-order valence-corrected chi connectivity index (χ0v) is 11.2. The predicted molar refractivity (Wildman–Crippen MR) is 71.7 cm³/mol. The third-order valence-electron chi connectivity index (χ3n) is 3.21. The van der Waals surface area contributed by atoms with Gasteiger partial charge >= 0.3 is 0 Å². The molecular weight excluding hydrogens is 228 g/mol. The summed E-state index contributed by atoms with van der Waals surface area (Å²) in [5, 5.41) is 3.37. The Balaban J connectivity index is 1.96. The van der Waals surface area contributed by atoms with Gasteiger partial charge < -0.3 is 14.8 Å². The van der Waals surface area contributed by atoms with E-state index in [4.69, 9.17) is 9.47 Å². The molecule has 100 valence electrons. The molecule has 0 bridgehead atoms. The Labute approximate surface area is 109 Å². The van der Waals surface area contributed by atoms with Crippen molar-refractivity contribution < 1.29 is 9.47 Å². The second-order valence-corrected chi connectivity index (χ2v) is 4.43. The molecule has 0 aromatic heterocycles. The van der Waals surface area contributed by atoms with Gasteiger partial charge in [-0.1, -0.05) is 12.1 Å². The molecule has 0 amide bonds. The summed E-state index contributed by atoms with van der Waals surface area (Å²) in [6.45, 7) is 6.68. The Morgan fingerprint density at radius 2 is 2.11 bits per heavy atom. The van der Waals surface area contributed by atoms with E-state index in [9.17, 15) is 0 Å². The zero-order chi connectivity index (χ0) is 12.8. The first-order chi connectivity index (χ1) is 8.83. The molecule has 0 radical (unpaired) electrons. The fraction of sp³-hybridized carbons (Fsp3) is 0.571. The molecule has 1 fully saturated rings. The van der Waals surface area contributed by atoms with Crippen molar-refractivity contribution in [3.63, 3.8) is 0 Å². The van der Waals surface area contributed by atoms with E-state index < -0.39 is 0 Å². The predicted octanol–water partition coefficient (Wildman–Crippen LogP) is 1.46. The molecule has 4 heteroatoms. The standard InChI is InChI=1S/C14H22N2O2/c1-3-18-14-10-15-8-9-16(14)11-12-4-6-13(17-2)7-5-12/h4-7,14-15H,3,8-11H2,1-2H3. The SMILES string of the molecule is CCOC1CNCCN1Cc1ccc(OC)cc1. The lowest BCUT2D eigenvalue weighted by atomic mass is 10.2.